The SMILES string of the molecule is CC(C)CN(CCC#N)C(=O)C1CC1N. The maximum atomic E-state index is 11.9. The lowest BCUT2D eigenvalue weighted by molar-refractivity contribution is -0.133. The van der Waals surface area contributed by atoms with Crippen molar-refractivity contribution in [1.82, 2.24) is 4.90 Å². The molecule has 15 heavy (non-hydrogen) atoms. The van der Waals surface area contributed by atoms with E-state index in [0.717, 1.165) is 13.0 Å². The summed E-state index contributed by atoms with van der Waals surface area (Å²) in [7, 11) is 0. The third-order valence-electron chi connectivity index (χ3n) is 2.55. The molecule has 1 aliphatic carbocycles. The van der Waals surface area contributed by atoms with Crippen molar-refractivity contribution in [3.63, 3.8) is 0 Å². The number of rotatable bonds is 5. The number of carbonyl (C=O) groups excluding carboxylic acids is 1. The Hall–Kier alpha value is -1.08. The molecule has 4 nitrogen and oxygen atoms in total. The molecule has 0 aromatic heterocycles. The van der Waals surface area contributed by atoms with E-state index in [9.17, 15) is 4.79 Å². The summed E-state index contributed by atoms with van der Waals surface area (Å²) < 4.78 is 0. The van der Waals surface area contributed by atoms with E-state index in [1.807, 2.05) is 0 Å². The van der Waals surface area contributed by atoms with Gasteiger partial charge < -0.3 is 10.6 Å². The lowest BCUT2D eigenvalue weighted by Gasteiger charge is -2.23. The van der Waals surface area contributed by atoms with Crippen LogP contribution in [0.5, 0.6) is 0 Å². The topological polar surface area (TPSA) is 70.1 Å². The summed E-state index contributed by atoms with van der Waals surface area (Å²) in [4.78, 5) is 13.7. The smallest absolute Gasteiger partial charge is 0.227 e. The van der Waals surface area contributed by atoms with Crippen LogP contribution in [0, 0.1) is 23.2 Å². The zero-order chi connectivity index (χ0) is 11.4. The Labute approximate surface area is 91.0 Å². The molecule has 2 atom stereocenters. The monoisotopic (exact) mass is 209 g/mol. The van der Waals surface area contributed by atoms with Gasteiger partial charge in [0.25, 0.3) is 0 Å². The molecule has 0 bridgehead atoms. The molecule has 0 spiro atoms. The first-order chi connectivity index (χ1) is 7.06. The summed E-state index contributed by atoms with van der Waals surface area (Å²) in [5, 5.41) is 8.52. The quantitative estimate of drug-likeness (QED) is 0.725. The Morgan fingerprint density at radius 2 is 2.27 bits per heavy atom. The molecule has 0 aromatic rings. The van der Waals surface area contributed by atoms with Gasteiger partial charge in [-0.1, -0.05) is 13.8 Å². The van der Waals surface area contributed by atoms with Gasteiger partial charge in [-0.2, -0.15) is 5.26 Å². The molecule has 84 valence electrons. The molecule has 1 fully saturated rings. The highest BCUT2D eigenvalue weighted by molar-refractivity contribution is 5.82. The van der Waals surface area contributed by atoms with Crippen LogP contribution in [-0.2, 0) is 4.79 Å². The summed E-state index contributed by atoms with van der Waals surface area (Å²) in [6, 6.07) is 2.12. The van der Waals surface area contributed by atoms with E-state index in [2.05, 4.69) is 19.9 Å². The summed E-state index contributed by atoms with van der Waals surface area (Å²) in [6.07, 6.45) is 1.21. The van der Waals surface area contributed by atoms with Crippen molar-refractivity contribution < 1.29 is 4.79 Å². The van der Waals surface area contributed by atoms with E-state index < -0.39 is 0 Å². The summed E-state index contributed by atoms with van der Waals surface area (Å²) in [6.45, 7) is 5.40. The Bertz CT molecular complexity index is 269. The number of hydrogen-bond acceptors (Lipinski definition) is 3. The minimum Gasteiger partial charge on any atom is -0.341 e. The van der Waals surface area contributed by atoms with Gasteiger partial charge in [0.15, 0.2) is 0 Å². The molecule has 0 saturated heterocycles. The molecule has 2 N–H and O–H groups in total. The molecule has 0 heterocycles. The number of carbonyl (C=O) groups is 1. The van der Waals surface area contributed by atoms with E-state index in [0.29, 0.717) is 18.9 Å². The number of nitrogens with zero attached hydrogens (tertiary/aromatic N) is 2. The van der Waals surface area contributed by atoms with E-state index in [4.69, 9.17) is 11.0 Å². The Kier molecular flexibility index (Phi) is 4.10. The van der Waals surface area contributed by atoms with E-state index >= 15 is 0 Å². The lowest BCUT2D eigenvalue weighted by atomic mass is 10.2. The standard InChI is InChI=1S/C11H19N3O/c1-8(2)7-14(5-3-4-12)11(15)9-6-10(9)13/h8-10H,3,5-7,13H2,1-2H3. The van der Waals surface area contributed by atoms with Crippen LogP contribution in [0.3, 0.4) is 0 Å². The highest BCUT2D eigenvalue weighted by Gasteiger charge is 2.42. The van der Waals surface area contributed by atoms with Gasteiger partial charge >= 0.3 is 0 Å². The number of nitrogens with two attached hydrogens (primary N) is 1. The molecule has 0 radical (unpaired) electrons. The van der Waals surface area contributed by atoms with Gasteiger partial charge in [0, 0.05) is 19.1 Å². The lowest BCUT2D eigenvalue weighted by Crippen LogP contribution is -2.37. The Balaban J connectivity index is 2.47. The van der Waals surface area contributed by atoms with Crippen LogP contribution in [0.25, 0.3) is 0 Å². The predicted octanol–water partition coefficient (Wildman–Crippen LogP) is 0.732. The average Bonchev–Trinajstić information content (AvgIpc) is 2.88. The van der Waals surface area contributed by atoms with Crippen molar-refractivity contribution in [2.24, 2.45) is 17.6 Å². The van der Waals surface area contributed by atoms with Crippen molar-refractivity contribution in [2.75, 3.05) is 13.1 Å². The van der Waals surface area contributed by atoms with Crippen molar-refractivity contribution in [2.45, 2.75) is 32.7 Å². The zero-order valence-electron chi connectivity index (χ0n) is 9.44. The number of amides is 1. The molecule has 4 heteroatoms. The van der Waals surface area contributed by atoms with Crippen molar-refractivity contribution in [1.29, 1.82) is 5.26 Å². The molecule has 1 aliphatic rings. The number of hydrogen-bond donors (Lipinski definition) is 1. The van der Waals surface area contributed by atoms with E-state index in [1.54, 1.807) is 4.90 Å². The number of nitriles is 1. The first-order valence-electron chi connectivity index (χ1n) is 5.47. The van der Waals surface area contributed by atoms with Gasteiger partial charge in [-0.15, -0.1) is 0 Å². The zero-order valence-corrected chi connectivity index (χ0v) is 9.44. The van der Waals surface area contributed by atoms with Crippen molar-refractivity contribution >= 4 is 5.91 Å². The molecular formula is C11H19N3O. The van der Waals surface area contributed by atoms with Crippen LogP contribution in [0.2, 0.25) is 0 Å². The molecule has 0 aromatic carbocycles. The summed E-state index contributed by atoms with van der Waals surface area (Å²) >= 11 is 0. The van der Waals surface area contributed by atoms with Gasteiger partial charge in [-0.05, 0) is 12.3 Å². The second-order valence-electron chi connectivity index (χ2n) is 4.59. The van der Waals surface area contributed by atoms with E-state index in [-0.39, 0.29) is 17.9 Å². The Morgan fingerprint density at radius 3 is 2.67 bits per heavy atom. The van der Waals surface area contributed by atoms with Crippen LogP contribution in [0.1, 0.15) is 26.7 Å². The summed E-state index contributed by atoms with van der Waals surface area (Å²) in [5.74, 6) is 0.580. The van der Waals surface area contributed by atoms with Gasteiger partial charge in [-0.25, -0.2) is 0 Å². The third kappa shape index (κ3) is 3.52. The maximum Gasteiger partial charge on any atom is 0.227 e. The molecule has 0 aliphatic heterocycles. The minimum atomic E-state index is 0.0162. The van der Waals surface area contributed by atoms with Gasteiger partial charge in [-0.3, -0.25) is 4.79 Å². The maximum absolute atomic E-state index is 11.9. The van der Waals surface area contributed by atoms with Gasteiger partial charge in [0.05, 0.1) is 18.4 Å². The van der Waals surface area contributed by atoms with Gasteiger partial charge in [0.1, 0.15) is 0 Å². The van der Waals surface area contributed by atoms with Crippen molar-refractivity contribution in [3.05, 3.63) is 0 Å². The van der Waals surface area contributed by atoms with Crippen molar-refractivity contribution in [3.8, 4) is 6.07 Å². The second-order valence-corrected chi connectivity index (χ2v) is 4.59. The normalized spacial score (nSPS) is 23.7. The first kappa shape index (κ1) is 12.0. The Morgan fingerprint density at radius 1 is 1.67 bits per heavy atom. The molecule has 1 rings (SSSR count). The highest BCUT2D eigenvalue weighted by atomic mass is 16.2. The fourth-order valence-corrected chi connectivity index (χ4v) is 1.65. The van der Waals surface area contributed by atoms with Crippen LogP contribution >= 0.6 is 0 Å². The fourth-order valence-electron chi connectivity index (χ4n) is 1.65. The van der Waals surface area contributed by atoms with Gasteiger partial charge in [0.2, 0.25) is 5.91 Å². The van der Waals surface area contributed by atoms with Crippen LogP contribution in [0.4, 0.5) is 0 Å². The van der Waals surface area contributed by atoms with Crippen LogP contribution in [0.15, 0.2) is 0 Å². The predicted molar refractivity (Wildman–Crippen MR) is 57.7 cm³/mol. The summed E-state index contributed by atoms with van der Waals surface area (Å²) in [5.41, 5.74) is 5.65. The van der Waals surface area contributed by atoms with Crippen LogP contribution in [-0.4, -0.2) is 29.9 Å². The van der Waals surface area contributed by atoms with Crippen LogP contribution < -0.4 is 5.73 Å². The highest BCUT2D eigenvalue weighted by Crippen LogP contribution is 2.30. The van der Waals surface area contributed by atoms with E-state index in [1.165, 1.54) is 0 Å². The third-order valence-corrected chi connectivity index (χ3v) is 2.55. The first-order valence-corrected chi connectivity index (χ1v) is 5.47. The average molecular weight is 209 g/mol. The molecular weight excluding hydrogens is 190 g/mol. The molecule has 1 saturated carbocycles. The minimum absolute atomic E-state index is 0.0162. The molecule has 1 amide bonds. The fraction of sp³-hybridized carbons (Fsp3) is 0.818. The largest absolute Gasteiger partial charge is 0.341 e. The second kappa shape index (κ2) is 5.13. The molecule has 2 unspecified atom stereocenters.